The fourth-order valence-electron chi connectivity index (χ4n) is 3.86. The molecule has 1 aromatic heterocycles. The van der Waals surface area contributed by atoms with Crippen LogP contribution < -0.4 is 5.56 Å². The number of nitrogens with zero attached hydrogens (tertiary/aromatic N) is 4. The number of nitrogens with one attached hydrogen (secondary N) is 1. The van der Waals surface area contributed by atoms with Gasteiger partial charge >= 0.3 is 0 Å². The lowest BCUT2D eigenvalue weighted by Gasteiger charge is -2.21. The van der Waals surface area contributed by atoms with E-state index in [2.05, 4.69) is 15.3 Å². The van der Waals surface area contributed by atoms with E-state index >= 15 is 0 Å². The van der Waals surface area contributed by atoms with Gasteiger partial charge in [0, 0.05) is 29.9 Å². The van der Waals surface area contributed by atoms with Crippen LogP contribution in [0.4, 0.5) is 11.4 Å². The molecule has 3 aromatic carbocycles. The lowest BCUT2D eigenvalue weighted by atomic mass is 10.1. The second-order valence-electron chi connectivity index (χ2n) is 7.90. The van der Waals surface area contributed by atoms with E-state index in [1.165, 1.54) is 4.68 Å². The molecule has 188 valence electrons. The summed E-state index contributed by atoms with van der Waals surface area (Å²) in [5, 5.41) is 41.1. The van der Waals surface area contributed by atoms with Gasteiger partial charge in [-0.05, 0) is 19.1 Å². The van der Waals surface area contributed by atoms with Crippen LogP contribution in [0, 0.1) is 6.92 Å². The maximum absolute atomic E-state index is 13.3. The zero-order chi connectivity index (χ0) is 25.9. The number of azo groups is 1. The predicted octanol–water partition coefficient (Wildman–Crippen LogP) is 2.72. The molecule has 0 aliphatic carbocycles. The Bertz CT molecular complexity index is 1570. The van der Waals surface area contributed by atoms with Crippen molar-refractivity contribution in [1.29, 1.82) is 0 Å². The van der Waals surface area contributed by atoms with Crippen molar-refractivity contribution in [2.75, 3.05) is 26.3 Å². The molecule has 0 bridgehead atoms. The smallest absolute Gasteiger partial charge is 0.299 e. The first-order valence-corrected chi connectivity index (χ1v) is 12.5. The zero-order valence-corrected chi connectivity index (χ0v) is 20.2. The molecule has 1 heterocycles. The highest BCUT2D eigenvalue weighted by atomic mass is 32.2. The molecule has 0 aliphatic heterocycles. The molecule has 0 aliphatic rings. The van der Waals surface area contributed by atoms with Crippen molar-refractivity contribution in [3.8, 4) is 11.4 Å². The quantitative estimate of drug-likeness (QED) is 0.253. The van der Waals surface area contributed by atoms with Gasteiger partial charge in [0.1, 0.15) is 11.4 Å². The SMILES string of the molecule is Cc1[nH]n(-c2ccccc2)c(=O)c1N=Nc1c(O)cc(S(=O)(=O)N(CCO)CCO)c2ccccc12. The summed E-state index contributed by atoms with van der Waals surface area (Å²) in [4.78, 5) is 12.7. The molecule has 0 unspecified atom stereocenters. The van der Waals surface area contributed by atoms with E-state index in [1.54, 1.807) is 55.5 Å². The molecular formula is C24H25N5O6S. The number of aliphatic hydroxyl groups is 2. The summed E-state index contributed by atoms with van der Waals surface area (Å²) in [6.07, 6.45) is 0. The van der Waals surface area contributed by atoms with Crippen LogP contribution in [0.15, 0.2) is 80.6 Å². The number of aromatic hydroxyl groups is 1. The molecule has 11 nitrogen and oxygen atoms in total. The number of aryl methyl sites for hydroxylation is 1. The van der Waals surface area contributed by atoms with Gasteiger partial charge in [-0.3, -0.25) is 9.89 Å². The molecule has 0 fully saturated rings. The average Bonchev–Trinajstić information content (AvgIpc) is 3.16. The van der Waals surface area contributed by atoms with Crippen LogP contribution in [0.1, 0.15) is 5.69 Å². The molecule has 4 aromatic rings. The highest BCUT2D eigenvalue weighted by molar-refractivity contribution is 7.89. The normalized spacial score (nSPS) is 12.2. The molecule has 36 heavy (non-hydrogen) atoms. The zero-order valence-electron chi connectivity index (χ0n) is 19.4. The third kappa shape index (κ3) is 4.66. The van der Waals surface area contributed by atoms with Crippen LogP contribution in [0.2, 0.25) is 0 Å². The van der Waals surface area contributed by atoms with Gasteiger partial charge in [0.25, 0.3) is 5.56 Å². The van der Waals surface area contributed by atoms with Crippen molar-refractivity contribution < 1.29 is 23.7 Å². The molecule has 4 N–H and O–H groups in total. The van der Waals surface area contributed by atoms with Crippen molar-refractivity contribution in [3.63, 3.8) is 0 Å². The summed E-state index contributed by atoms with van der Waals surface area (Å²) in [6, 6.07) is 16.4. The van der Waals surface area contributed by atoms with Crippen molar-refractivity contribution in [3.05, 3.63) is 76.7 Å². The minimum Gasteiger partial charge on any atom is -0.506 e. The van der Waals surface area contributed by atoms with E-state index in [-0.39, 0.29) is 34.7 Å². The molecule has 0 saturated carbocycles. The van der Waals surface area contributed by atoms with Crippen molar-refractivity contribution >= 4 is 32.2 Å². The first-order valence-electron chi connectivity index (χ1n) is 11.0. The van der Waals surface area contributed by atoms with E-state index in [1.807, 2.05) is 6.07 Å². The first-order chi connectivity index (χ1) is 17.3. The standard InChI is InChI=1S/C24H25N5O6S/c1-16-22(24(33)29(27-16)17-7-3-2-4-8-17)25-26-23-19-10-6-5-9-18(19)21(15-20(23)32)36(34,35)28(11-13-30)12-14-31/h2-10,15,27,30-32H,11-14H2,1H3. The lowest BCUT2D eigenvalue weighted by molar-refractivity contribution is 0.217. The third-order valence-electron chi connectivity index (χ3n) is 5.58. The lowest BCUT2D eigenvalue weighted by Crippen LogP contribution is -2.36. The summed E-state index contributed by atoms with van der Waals surface area (Å²) in [6.45, 7) is 0.345. The number of aromatic nitrogens is 2. The Balaban J connectivity index is 1.82. The monoisotopic (exact) mass is 511 g/mol. The van der Waals surface area contributed by atoms with Gasteiger partial charge in [-0.2, -0.15) is 4.31 Å². The van der Waals surface area contributed by atoms with Crippen molar-refractivity contribution in [2.24, 2.45) is 10.2 Å². The number of sulfonamides is 1. The molecule has 4 rings (SSSR count). The number of fused-ring (bicyclic) bond motifs is 1. The number of para-hydroxylation sites is 1. The second kappa shape index (κ2) is 10.4. The van der Waals surface area contributed by atoms with E-state index in [0.29, 0.717) is 16.8 Å². The van der Waals surface area contributed by atoms with Gasteiger partial charge in [-0.25, -0.2) is 13.1 Å². The third-order valence-corrected chi connectivity index (χ3v) is 7.52. The number of hydrogen-bond acceptors (Lipinski definition) is 8. The topological polar surface area (TPSA) is 161 Å². The van der Waals surface area contributed by atoms with Gasteiger partial charge in [0.05, 0.1) is 29.5 Å². The molecule has 0 spiro atoms. The van der Waals surface area contributed by atoms with Crippen LogP contribution in [-0.4, -0.2) is 64.1 Å². The number of phenols is 1. The largest absolute Gasteiger partial charge is 0.506 e. The number of hydrogen-bond donors (Lipinski definition) is 4. The Morgan fingerprint density at radius 1 is 0.917 bits per heavy atom. The van der Waals surface area contributed by atoms with E-state index in [9.17, 15) is 28.5 Å². The first kappa shape index (κ1) is 25.3. The Morgan fingerprint density at radius 3 is 2.14 bits per heavy atom. The van der Waals surface area contributed by atoms with Gasteiger partial charge < -0.3 is 15.3 Å². The summed E-state index contributed by atoms with van der Waals surface area (Å²) >= 11 is 0. The van der Waals surface area contributed by atoms with E-state index in [0.717, 1.165) is 10.4 Å². The maximum atomic E-state index is 13.3. The van der Waals surface area contributed by atoms with Crippen LogP contribution >= 0.6 is 0 Å². The predicted molar refractivity (Wildman–Crippen MR) is 134 cm³/mol. The molecule has 0 atom stereocenters. The van der Waals surface area contributed by atoms with E-state index in [4.69, 9.17) is 0 Å². The fourth-order valence-corrected chi connectivity index (χ4v) is 5.50. The van der Waals surface area contributed by atoms with Gasteiger partial charge in [0.2, 0.25) is 10.0 Å². The number of rotatable bonds is 9. The van der Waals surface area contributed by atoms with Gasteiger partial charge in [0.15, 0.2) is 5.69 Å². The van der Waals surface area contributed by atoms with Crippen molar-refractivity contribution in [2.45, 2.75) is 11.8 Å². The Kier molecular flexibility index (Phi) is 7.31. The Morgan fingerprint density at radius 2 is 1.50 bits per heavy atom. The van der Waals surface area contributed by atoms with Crippen LogP contribution in [0.25, 0.3) is 16.5 Å². The number of aromatic amines is 1. The number of H-pyrrole nitrogens is 1. The van der Waals surface area contributed by atoms with Crippen molar-refractivity contribution in [1.82, 2.24) is 14.1 Å². The molecular weight excluding hydrogens is 486 g/mol. The number of phenolic OH excluding ortho intramolecular Hbond substituents is 1. The molecule has 0 amide bonds. The Labute approximate surface area is 206 Å². The van der Waals surface area contributed by atoms with E-state index < -0.39 is 34.5 Å². The van der Waals surface area contributed by atoms with Crippen LogP contribution in [0.3, 0.4) is 0 Å². The summed E-state index contributed by atoms with van der Waals surface area (Å²) in [5.41, 5.74) is 0.668. The highest BCUT2D eigenvalue weighted by Crippen LogP contribution is 2.40. The highest BCUT2D eigenvalue weighted by Gasteiger charge is 2.28. The molecule has 0 radical (unpaired) electrons. The summed E-state index contributed by atoms with van der Waals surface area (Å²) in [7, 11) is -4.18. The summed E-state index contributed by atoms with van der Waals surface area (Å²) in [5.74, 6) is -0.458. The fraction of sp³-hybridized carbons (Fsp3) is 0.208. The summed E-state index contributed by atoms with van der Waals surface area (Å²) < 4.78 is 28.8. The number of aliphatic hydroxyl groups excluding tert-OH is 2. The Hall–Kier alpha value is -3.84. The molecule has 12 heteroatoms. The van der Waals surface area contributed by atoms with Gasteiger partial charge in [-0.15, -0.1) is 10.2 Å². The maximum Gasteiger partial charge on any atom is 0.299 e. The minimum atomic E-state index is -4.18. The number of benzene rings is 3. The minimum absolute atomic E-state index is 0.00771. The van der Waals surface area contributed by atoms with Crippen LogP contribution in [-0.2, 0) is 10.0 Å². The van der Waals surface area contributed by atoms with Crippen LogP contribution in [0.5, 0.6) is 5.75 Å². The van der Waals surface area contributed by atoms with Gasteiger partial charge in [-0.1, -0.05) is 42.5 Å². The molecule has 0 saturated heterocycles. The second-order valence-corrected chi connectivity index (χ2v) is 9.81. The average molecular weight is 512 g/mol.